The van der Waals surface area contributed by atoms with Crippen molar-refractivity contribution in [3.05, 3.63) is 17.5 Å². The summed E-state index contributed by atoms with van der Waals surface area (Å²) in [6.07, 6.45) is 4.34. The van der Waals surface area contributed by atoms with Gasteiger partial charge < -0.3 is 10.6 Å². The van der Waals surface area contributed by atoms with Crippen LogP contribution in [0.15, 0.2) is 12.4 Å². The first-order chi connectivity index (χ1) is 7.98. The fourth-order valence-corrected chi connectivity index (χ4v) is 1.75. The molecule has 5 heteroatoms. The van der Waals surface area contributed by atoms with Gasteiger partial charge in [-0.3, -0.25) is 4.98 Å². The molecular weight excluding hydrogens is 236 g/mol. The van der Waals surface area contributed by atoms with Crippen molar-refractivity contribution in [1.82, 2.24) is 9.97 Å². The van der Waals surface area contributed by atoms with E-state index >= 15 is 0 Å². The lowest BCUT2D eigenvalue weighted by atomic mass is 9.93. The van der Waals surface area contributed by atoms with E-state index < -0.39 is 0 Å². The first-order valence-electron chi connectivity index (χ1n) is 5.91. The highest BCUT2D eigenvalue weighted by atomic mass is 35.5. The fourth-order valence-electron chi connectivity index (χ4n) is 1.61. The monoisotopic (exact) mass is 256 g/mol. The molecule has 0 saturated carbocycles. The van der Waals surface area contributed by atoms with E-state index in [4.69, 9.17) is 17.3 Å². The van der Waals surface area contributed by atoms with Gasteiger partial charge >= 0.3 is 0 Å². The standard InChI is InChI=1S/C12H21ClN4/c1-4-5-17(9-12(2,3)8-14)11-7-15-6-10(13)16-11/h6-7H,4-5,8-9,14H2,1-3H3. The summed E-state index contributed by atoms with van der Waals surface area (Å²) in [5.74, 6) is 0.820. The molecule has 0 aliphatic heterocycles. The van der Waals surface area contributed by atoms with Gasteiger partial charge in [-0.25, -0.2) is 4.98 Å². The lowest BCUT2D eigenvalue weighted by Gasteiger charge is -2.32. The van der Waals surface area contributed by atoms with Gasteiger partial charge in [-0.2, -0.15) is 0 Å². The SMILES string of the molecule is CCCN(CC(C)(C)CN)c1cncc(Cl)n1. The largest absolute Gasteiger partial charge is 0.355 e. The molecule has 0 radical (unpaired) electrons. The minimum atomic E-state index is 0.0547. The molecule has 0 bridgehead atoms. The molecule has 4 nitrogen and oxygen atoms in total. The van der Waals surface area contributed by atoms with Gasteiger partial charge in [0.25, 0.3) is 0 Å². The van der Waals surface area contributed by atoms with Crippen LogP contribution in [0.4, 0.5) is 5.82 Å². The van der Waals surface area contributed by atoms with Crippen molar-refractivity contribution >= 4 is 17.4 Å². The Morgan fingerprint density at radius 3 is 2.65 bits per heavy atom. The molecule has 0 spiro atoms. The number of halogens is 1. The summed E-state index contributed by atoms with van der Waals surface area (Å²) in [4.78, 5) is 10.6. The summed E-state index contributed by atoms with van der Waals surface area (Å²) in [5, 5.41) is 0.425. The number of hydrogen-bond donors (Lipinski definition) is 1. The minimum Gasteiger partial charge on any atom is -0.355 e. The van der Waals surface area contributed by atoms with E-state index in [2.05, 4.69) is 35.6 Å². The Bertz CT molecular complexity index is 354. The van der Waals surface area contributed by atoms with Crippen molar-refractivity contribution in [3.8, 4) is 0 Å². The normalized spacial score (nSPS) is 11.6. The molecule has 0 aliphatic rings. The third-order valence-electron chi connectivity index (χ3n) is 2.58. The van der Waals surface area contributed by atoms with Crippen LogP contribution >= 0.6 is 11.6 Å². The first kappa shape index (κ1) is 14.2. The molecule has 0 aliphatic carbocycles. The van der Waals surface area contributed by atoms with E-state index in [0.717, 1.165) is 25.3 Å². The fraction of sp³-hybridized carbons (Fsp3) is 0.667. The smallest absolute Gasteiger partial charge is 0.149 e. The van der Waals surface area contributed by atoms with Gasteiger partial charge in [0, 0.05) is 13.1 Å². The highest BCUT2D eigenvalue weighted by molar-refractivity contribution is 6.29. The summed E-state index contributed by atoms with van der Waals surface area (Å²) in [6, 6.07) is 0. The van der Waals surface area contributed by atoms with E-state index in [0.29, 0.717) is 11.7 Å². The average Bonchev–Trinajstić information content (AvgIpc) is 2.28. The number of nitrogens with two attached hydrogens (primary N) is 1. The molecule has 0 amide bonds. The van der Waals surface area contributed by atoms with Crippen LogP contribution in [0.5, 0.6) is 0 Å². The molecule has 1 rings (SSSR count). The van der Waals surface area contributed by atoms with Crippen LogP contribution in [0.25, 0.3) is 0 Å². The lowest BCUT2D eigenvalue weighted by Crippen LogP contribution is -2.39. The Morgan fingerprint density at radius 1 is 1.41 bits per heavy atom. The second kappa shape index (κ2) is 6.17. The van der Waals surface area contributed by atoms with Crippen LogP contribution in [-0.4, -0.2) is 29.6 Å². The van der Waals surface area contributed by atoms with E-state index in [1.165, 1.54) is 0 Å². The zero-order chi connectivity index (χ0) is 12.9. The summed E-state index contributed by atoms with van der Waals surface area (Å²) in [6.45, 7) is 8.85. The van der Waals surface area contributed by atoms with Crippen molar-refractivity contribution in [1.29, 1.82) is 0 Å². The molecule has 0 atom stereocenters. The number of rotatable bonds is 6. The number of aromatic nitrogens is 2. The summed E-state index contributed by atoms with van der Waals surface area (Å²) in [7, 11) is 0. The highest BCUT2D eigenvalue weighted by Crippen LogP contribution is 2.20. The van der Waals surface area contributed by atoms with Crippen molar-refractivity contribution in [2.45, 2.75) is 27.2 Å². The van der Waals surface area contributed by atoms with E-state index in [9.17, 15) is 0 Å². The zero-order valence-electron chi connectivity index (χ0n) is 10.8. The van der Waals surface area contributed by atoms with Crippen LogP contribution in [0.3, 0.4) is 0 Å². The maximum absolute atomic E-state index is 5.87. The topological polar surface area (TPSA) is 55.0 Å². The Kier molecular flexibility index (Phi) is 5.15. The predicted molar refractivity (Wildman–Crippen MR) is 72.4 cm³/mol. The highest BCUT2D eigenvalue weighted by Gasteiger charge is 2.21. The summed E-state index contributed by atoms with van der Waals surface area (Å²) in [5.41, 5.74) is 5.82. The maximum Gasteiger partial charge on any atom is 0.149 e. The molecule has 1 heterocycles. The van der Waals surface area contributed by atoms with E-state index in [1.54, 1.807) is 12.4 Å². The third-order valence-corrected chi connectivity index (χ3v) is 2.76. The van der Waals surface area contributed by atoms with Crippen LogP contribution < -0.4 is 10.6 Å². The van der Waals surface area contributed by atoms with Crippen molar-refractivity contribution in [3.63, 3.8) is 0 Å². The number of hydrogen-bond acceptors (Lipinski definition) is 4. The van der Waals surface area contributed by atoms with Crippen molar-refractivity contribution in [2.75, 3.05) is 24.5 Å². The first-order valence-corrected chi connectivity index (χ1v) is 6.29. The van der Waals surface area contributed by atoms with Crippen molar-refractivity contribution in [2.24, 2.45) is 11.1 Å². The molecule has 0 fully saturated rings. The molecule has 0 saturated heterocycles. The van der Waals surface area contributed by atoms with Gasteiger partial charge in [-0.1, -0.05) is 32.4 Å². The molecule has 1 aromatic heterocycles. The minimum absolute atomic E-state index is 0.0547. The molecule has 96 valence electrons. The van der Waals surface area contributed by atoms with E-state index in [1.807, 2.05) is 0 Å². The number of anilines is 1. The average molecular weight is 257 g/mol. The Morgan fingerprint density at radius 2 is 2.12 bits per heavy atom. The zero-order valence-corrected chi connectivity index (χ0v) is 11.5. The molecule has 1 aromatic rings. The van der Waals surface area contributed by atoms with Gasteiger partial charge in [0.05, 0.1) is 12.4 Å². The second-order valence-electron chi connectivity index (χ2n) is 4.99. The van der Waals surface area contributed by atoms with E-state index in [-0.39, 0.29) is 5.41 Å². The maximum atomic E-state index is 5.87. The van der Waals surface area contributed by atoms with Crippen LogP contribution in [0.2, 0.25) is 5.15 Å². The molecular formula is C12H21ClN4. The van der Waals surface area contributed by atoms with Gasteiger partial charge in [0.2, 0.25) is 0 Å². The Labute approximate surface area is 108 Å². The van der Waals surface area contributed by atoms with Crippen LogP contribution in [0, 0.1) is 5.41 Å². The molecule has 17 heavy (non-hydrogen) atoms. The molecule has 2 N–H and O–H groups in total. The van der Waals surface area contributed by atoms with Crippen molar-refractivity contribution < 1.29 is 0 Å². The predicted octanol–water partition coefficient (Wildman–Crippen LogP) is 2.33. The second-order valence-corrected chi connectivity index (χ2v) is 5.38. The van der Waals surface area contributed by atoms with Crippen LogP contribution in [0.1, 0.15) is 27.2 Å². The van der Waals surface area contributed by atoms with Gasteiger partial charge in [-0.15, -0.1) is 0 Å². The van der Waals surface area contributed by atoms with Crippen LogP contribution in [-0.2, 0) is 0 Å². The quantitative estimate of drug-likeness (QED) is 0.849. The summed E-state index contributed by atoms with van der Waals surface area (Å²) >= 11 is 5.87. The third kappa shape index (κ3) is 4.48. The Balaban J connectivity index is 2.85. The van der Waals surface area contributed by atoms with Gasteiger partial charge in [-0.05, 0) is 18.4 Å². The Hall–Kier alpha value is -0.870. The van der Waals surface area contributed by atoms with Gasteiger partial charge in [0.15, 0.2) is 0 Å². The molecule has 0 unspecified atom stereocenters. The molecule has 0 aromatic carbocycles. The number of nitrogens with zero attached hydrogens (tertiary/aromatic N) is 3. The van der Waals surface area contributed by atoms with Gasteiger partial charge in [0.1, 0.15) is 11.0 Å². The lowest BCUT2D eigenvalue weighted by molar-refractivity contribution is 0.376. The summed E-state index contributed by atoms with van der Waals surface area (Å²) < 4.78 is 0.